The highest BCUT2D eigenvalue weighted by Crippen LogP contribution is 2.38. The molecule has 3 N–H and O–H groups in total. The molecule has 0 bridgehead atoms. The first kappa shape index (κ1) is 36.2. The quantitative estimate of drug-likeness (QED) is 0.0766. The van der Waals surface area contributed by atoms with Crippen molar-refractivity contribution in [2.75, 3.05) is 17.7 Å². The average Bonchev–Trinajstić information content (AvgIpc) is 3.20. The molecule has 0 heterocycles. The van der Waals surface area contributed by atoms with Gasteiger partial charge in [-0.25, -0.2) is 0 Å². The van der Waals surface area contributed by atoms with Gasteiger partial charge in [0.15, 0.2) is 0 Å². The number of para-hydroxylation sites is 2. The summed E-state index contributed by atoms with van der Waals surface area (Å²) in [5.74, 6) is 0.0497. The van der Waals surface area contributed by atoms with Crippen LogP contribution >= 0.6 is 11.8 Å². The van der Waals surface area contributed by atoms with Gasteiger partial charge in [0.2, 0.25) is 5.91 Å². The van der Waals surface area contributed by atoms with Crippen molar-refractivity contribution in [2.24, 2.45) is 0 Å². The number of benzene rings is 6. The van der Waals surface area contributed by atoms with Crippen molar-refractivity contribution in [3.8, 4) is 11.5 Å². The zero-order valence-corrected chi connectivity index (χ0v) is 29.7. The zero-order chi connectivity index (χ0) is 36.8. The van der Waals surface area contributed by atoms with Crippen molar-refractivity contribution in [1.29, 1.82) is 0 Å². The monoisotopic (exact) mass is 719 g/mol. The van der Waals surface area contributed by atoms with Crippen LogP contribution in [0.3, 0.4) is 0 Å². The summed E-state index contributed by atoms with van der Waals surface area (Å²) in [6.45, 7) is 0.423. The van der Waals surface area contributed by atoms with E-state index >= 15 is 0 Å². The van der Waals surface area contributed by atoms with E-state index in [1.165, 1.54) is 11.8 Å². The Hall–Kier alpha value is -6.58. The van der Waals surface area contributed by atoms with Gasteiger partial charge in [-0.15, -0.1) is 11.8 Å². The number of methoxy groups -OCH3 is 1. The highest BCUT2D eigenvalue weighted by atomic mass is 32.2. The number of nitrogens with one attached hydrogen (secondary N) is 3. The molecular formula is C44H37N3O5S. The number of thioether (sulfide) groups is 1. The Kier molecular flexibility index (Phi) is 12.4. The minimum absolute atomic E-state index is 0.0493. The Labute approximate surface area is 312 Å². The van der Waals surface area contributed by atoms with Gasteiger partial charge >= 0.3 is 0 Å². The van der Waals surface area contributed by atoms with E-state index in [4.69, 9.17) is 9.47 Å². The third kappa shape index (κ3) is 10.2. The Morgan fingerprint density at radius 1 is 0.698 bits per heavy atom. The molecule has 9 heteroatoms. The summed E-state index contributed by atoms with van der Waals surface area (Å²) in [6.07, 6.45) is 1.61. The Morgan fingerprint density at radius 2 is 1.36 bits per heavy atom. The van der Waals surface area contributed by atoms with Crippen molar-refractivity contribution in [1.82, 2.24) is 5.32 Å². The van der Waals surface area contributed by atoms with Gasteiger partial charge in [-0.2, -0.15) is 0 Å². The van der Waals surface area contributed by atoms with E-state index in [9.17, 15) is 14.4 Å². The minimum atomic E-state index is -0.618. The van der Waals surface area contributed by atoms with Crippen LogP contribution in [0.5, 0.6) is 11.5 Å². The van der Waals surface area contributed by atoms with Crippen LogP contribution in [0.1, 0.15) is 32.3 Å². The molecule has 1 unspecified atom stereocenters. The molecule has 53 heavy (non-hydrogen) atoms. The number of ether oxygens (including phenoxy) is 2. The number of rotatable bonds is 14. The number of carbonyl (C=O) groups is 3. The van der Waals surface area contributed by atoms with Crippen molar-refractivity contribution in [3.63, 3.8) is 0 Å². The van der Waals surface area contributed by atoms with E-state index in [0.717, 1.165) is 16.0 Å². The Balaban J connectivity index is 1.21. The van der Waals surface area contributed by atoms with E-state index in [0.29, 0.717) is 40.6 Å². The third-order valence-corrected chi connectivity index (χ3v) is 9.27. The first-order chi connectivity index (χ1) is 25.9. The predicted octanol–water partition coefficient (Wildman–Crippen LogP) is 9.16. The smallest absolute Gasteiger partial charge is 0.272 e. The van der Waals surface area contributed by atoms with Crippen LogP contribution in [0.25, 0.3) is 6.08 Å². The maximum Gasteiger partial charge on any atom is 0.272 e. The number of anilines is 2. The van der Waals surface area contributed by atoms with E-state index in [1.807, 2.05) is 109 Å². The lowest BCUT2D eigenvalue weighted by Gasteiger charge is -2.19. The highest BCUT2D eigenvalue weighted by Gasteiger charge is 2.24. The predicted molar refractivity (Wildman–Crippen MR) is 211 cm³/mol. The summed E-state index contributed by atoms with van der Waals surface area (Å²) in [5, 5.41) is 8.11. The molecule has 1 atom stereocenters. The second-order valence-electron chi connectivity index (χ2n) is 11.8. The fourth-order valence-corrected chi connectivity index (χ4v) is 6.42. The van der Waals surface area contributed by atoms with Crippen LogP contribution in [-0.4, -0.2) is 24.8 Å². The van der Waals surface area contributed by atoms with Crippen molar-refractivity contribution in [2.45, 2.75) is 16.8 Å². The maximum absolute atomic E-state index is 13.8. The Morgan fingerprint density at radius 3 is 2.08 bits per heavy atom. The topological polar surface area (TPSA) is 106 Å². The van der Waals surface area contributed by atoms with E-state index in [2.05, 4.69) is 16.0 Å². The largest absolute Gasteiger partial charge is 0.495 e. The van der Waals surface area contributed by atoms with E-state index in [-0.39, 0.29) is 11.6 Å². The van der Waals surface area contributed by atoms with Gasteiger partial charge in [0, 0.05) is 16.1 Å². The normalized spacial score (nSPS) is 11.5. The van der Waals surface area contributed by atoms with Gasteiger partial charge in [0.05, 0.1) is 12.8 Å². The van der Waals surface area contributed by atoms with Crippen molar-refractivity contribution >= 4 is 46.9 Å². The summed E-state index contributed by atoms with van der Waals surface area (Å²) < 4.78 is 11.4. The molecule has 0 aliphatic heterocycles. The molecule has 6 aromatic rings. The fraction of sp³-hybridized carbons (Fsp3) is 0.0682. The number of hydrogen-bond acceptors (Lipinski definition) is 6. The lowest BCUT2D eigenvalue weighted by Crippen LogP contribution is -2.30. The van der Waals surface area contributed by atoms with Crippen LogP contribution in [0.2, 0.25) is 0 Å². The second kappa shape index (κ2) is 18.1. The molecule has 0 fully saturated rings. The summed E-state index contributed by atoms with van der Waals surface area (Å²) in [7, 11) is 1.56. The third-order valence-electron chi connectivity index (χ3n) is 8.02. The van der Waals surface area contributed by atoms with Crippen LogP contribution < -0.4 is 25.4 Å². The summed E-state index contributed by atoms with van der Waals surface area (Å²) >= 11 is 1.35. The standard InChI is InChI=1S/C44H37N3O5S/c1-51-40-23-12-11-22-38(40)46-44(50)41(33-16-7-3-8-17-33)53-37-21-13-20-35(29-37)45-43(49)39(47-42(48)34-18-9-4-10-19-34)28-31-24-26-36(27-25-31)52-30-32-14-5-2-6-15-32/h2-29,41H,30H2,1H3,(H,45,49)(H,46,50)(H,47,48)/b39-28-. The summed E-state index contributed by atoms with van der Waals surface area (Å²) in [4.78, 5) is 41.5. The Bertz CT molecular complexity index is 2180. The van der Waals surface area contributed by atoms with E-state index in [1.54, 1.807) is 67.8 Å². The SMILES string of the molecule is COc1ccccc1NC(=O)C(Sc1cccc(NC(=O)/C(=C/c2ccc(OCc3ccccc3)cc2)NC(=O)c2ccccc2)c1)c1ccccc1. The van der Waals surface area contributed by atoms with Gasteiger partial charge in [-0.05, 0) is 77.4 Å². The average molecular weight is 720 g/mol. The van der Waals surface area contributed by atoms with Crippen LogP contribution in [0.4, 0.5) is 11.4 Å². The number of carbonyl (C=O) groups excluding carboxylic acids is 3. The molecular weight excluding hydrogens is 683 g/mol. The van der Waals surface area contributed by atoms with Gasteiger partial charge < -0.3 is 25.4 Å². The van der Waals surface area contributed by atoms with Gasteiger partial charge in [-0.3, -0.25) is 14.4 Å². The minimum Gasteiger partial charge on any atom is -0.495 e. The molecule has 0 radical (unpaired) electrons. The van der Waals surface area contributed by atoms with Crippen molar-refractivity contribution < 1.29 is 23.9 Å². The maximum atomic E-state index is 13.8. The van der Waals surface area contributed by atoms with Crippen LogP contribution in [-0.2, 0) is 16.2 Å². The molecule has 0 saturated heterocycles. The molecule has 264 valence electrons. The van der Waals surface area contributed by atoms with Crippen LogP contribution in [0.15, 0.2) is 174 Å². The number of hydrogen-bond donors (Lipinski definition) is 3. The second-order valence-corrected chi connectivity index (χ2v) is 13.0. The lowest BCUT2D eigenvalue weighted by atomic mass is 10.1. The molecule has 0 aliphatic carbocycles. The molecule has 0 aromatic heterocycles. The molecule has 0 aliphatic rings. The molecule has 6 aromatic carbocycles. The first-order valence-electron chi connectivity index (χ1n) is 16.9. The molecule has 0 saturated carbocycles. The molecule has 8 nitrogen and oxygen atoms in total. The fourth-order valence-electron chi connectivity index (χ4n) is 5.34. The van der Waals surface area contributed by atoms with Gasteiger partial charge in [-0.1, -0.05) is 109 Å². The zero-order valence-electron chi connectivity index (χ0n) is 28.9. The molecule has 0 spiro atoms. The van der Waals surface area contributed by atoms with Gasteiger partial charge in [0.25, 0.3) is 11.8 Å². The molecule has 6 rings (SSSR count). The first-order valence-corrected chi connectivity index (χ1v) is 17.7. The molecule has 3 amide bonds. The van der Waals surface area contributed by atoms with Gasteiger partial charge in [0.1, 0.15) is 29.1 Å². The van der Waals surface area contributed by atoms with Crippen LogP contribution in [0, 0.1) is 0 Å². The summed E-state index contributed by atoms with van der Waals surface area (Å²) in [6, 6.07) is 49.8. The lowest BCUT2D eigenvalue weighted by molar-refractivity contribution is -0.116. The number of amides is 3. The van der Waals surface area contributed by atoms with E-state index < -0.39 is 17.1 Å². The highest BCUT2D eigenvalue weighted by molar-refractivity contribution is 8.00. The van der Waals surface area contributed by atoms with Crippen molar-refractivity contribution in [3.05, 3.63) is 192 Å². The summed E-state index contributed by atoms with van der Waals surface area (Å²) in [5.41, 5.74) is 4.06.